The second-order valence-corrected chi connectivity index (χ2v) is 4.79. The number of hydrogen-bond acceptors (Lipinski definition) is 3. The predicted octanol–water partition coefficient (Wildman–Crippen LogP) is 2.55. The molecule has 0 atom stereocenters. The van der Waals surface area contributed by atoms with Crippen LogP contribution in [0.5, 0.6) is 0 Å². The zero-order valence-corrected chi connectivity index (χ0v) is 15.5. The number of aromatic amines is 1. The van der Waals surface area contributed by atoms with Gasteiger partial charge >= 0.3 is 0 Å². The molecule has 2 rings (SSSR count). The van der Waals surface area contributed by atoms with Gasteiger partial charge in [0.05, 0.1) is 6.54 Å². The third-order valence-electron chi connectivity index (χ3n) is 3.29. The van der Waals surface area contributed by atoms with Gasteiger partial charge in [-0.2, -0.15) is 5.10 Å². The summed E-state index contributed by atoms with van der Waals surface area (Å²) < 4.78 is 0. The molecule has 0 saturated heterocycles. The largest absolute Gasteiger partial charge is 0.370 e. The molecule has 0 aliphatic heterocycles. The van der Waals surface area contributed by atoms with Crippen molar-refractivity contribution >= 4 is 29.9 Å². The van der Waals surface area contributed by atoms with Crippen LogP contribution in [0.15, 0.2) is 29.3 Å². The summed E-state index contributed by atoms with van der Waals surface area (Å²) in [6.07, 6.45) is 0. The van der Waals surface area contributed by atoms with E-state index in [9.17, 15) is 0 Å². The number of aromatic nitrogens is 3. The predicted molar refractivity (Wildman–Crippen MR) is 100 cm³/mol. The van der Waals surface area contributed by atoms with E-state index in [2.05, 4.69) is 34.0 Å². The van der Waals surface area contributed by atoms with Gasteiger partial charge in [-0.25, -0.2) is 9.98 Å². The standard InChI is InChI=1S/C15H22N6.HI/c1-4-21(5-2)15(16)17-10-12-7-6-8-13(9-12)14-18-11(3)19-20-14;/h6-9H,4-5,10H2,1-3H3,(H2,16,17)(H,18,19,20);1H. The average molecular weight is 414 g/mol. The molecule has 3 N–H and O–H groups in total. The van der Waals surface area contributed by atoms with Crippen LogP contribution in [-0.4, -0.2) is 39.1 Å². The Morgan fingerprint density at radius 3 is 2.64 bits per heavy atom. The number of aryl methyl sites for hydroxylation is 1. The molecule has 0 saturated carbocycles. The summed E-state index contributed by atoms with van der Waals surface area (Å²) in [5.41, 5.74) is 8.05. The molecule has 120 valence electrons. The second-order valence-electron chi connectivity index (χ2n) is 4.79. The summed E-state index contributed by atoms with van der Waals surface area (Å²) in [6, 6.07) is 8.05. The Balaban J connectivity index is 0.00000242. The van der Waals surface area contributed by atoms with Crippen LogP contribution in [0.25, 0.3) is 11.4 Å². The first-order valence-electron chi connectivity index (χ1n) is 7.17. The van der Waals surface area contributed by atoms with Crippen LogP contribution >= 0.6 is 24.0 Å². The molecule has 2 aromatic rings. The van der Waals surface area contributed by atoms with Crippen LogP contribution in [0, 0.1) is 6.92 Å². The maximum atomic E-state index is 5.99. The number of hydrogen-bond donors (Lipinski definition) is 2. The first kappa shape index (κ1) is 18.4. The van der Waals surface area contributed by atoms with Gasteiger partial charge in [0.1, 0.15) is 5.82 Å². The summed E-state index contributed by atoms with van der Waals surface area (Å²) >= 11 is 0. The molecule has 0 aliphatic rings. The van der Waals surface area contributed by atoms with E-state index in [1.54, 1.807) is 0 Å². The van der Waals surface area contributed by atoms with E-state index in [1.165, 1.54) is 0 Å². The number of guanidine groups is 1. The molecule has 1 heterocycles. The van der Waals surface area contributed by atoms with Gasteiger partial charge in [0.2, 0.25) is 0 Å². The van der Waals surface area contributed by atoms with Gasteiger partial charge < -0.3 is 10.6 Å². The van der Waals surface area contributed by atoms with E-state index in [-0.39, 0.29) is 24.0 Å². The Morgan fingerprint density at radius 2 is 2.05 bits per heavy atom. The number of benzene rings is 1. The topological polar surface area (TPSA) is 83.2 Å². The summed E-state index contributed by atoms with van der Waals surface area (Å²) in [7, 11) is 0. The Hall–Kier alpha value is -1.64. The van der Waals surface area contributed by atoms with Crippen LogP contribution < -0.4 is 5.73 Å². The monoisotopic (exact) mass is 414 g/mol. The molecule has 0 fully saturated rings. The van der Waals surface area contributed by atoms with E-state index in [1.807, 2.05) is 36.1 Å². The van der Waals surface area contributed by atoms with E-state index in [4.69, 9.17) is 5.73 Å². The minimum atomic E-state index is 0. The van der Waals surface area contributed by atoms with Gasteiger partial charge in [0.25, 0.3) is 0 Å². The van der Waals surface area contributed by atoms with Crippen molar-refractivity contribution in [2.45, 2.75) is 27.3 Å². The summed E-state index contributed by atoms with van der Waals surface area (Å²) in [6.45, 7) is 8.30. The third-order valence-corrected chi connectivity index (χ3v) is 3.29. The van der Waals surface area contributed by atoms with Crippen LogP contribution in [0.1, 0.15) is 25.2 Å². The Labute approximate surface area is 148 Å². The number of nitrogens with zero attached hydrogens (tertiary/aromatic N) is 4. The molecule has 0 unspecified atom stereocenters. The first-order chi connectivity index (χ1) is 10.1. The number of aliphatic imine (C=N–C) groups is 1. The maximum Gasteiger partial charge on any atom is 0.191 e. The smallest absolute Gasteiger partial charge is 0.191 e. The maximum absolute atomic E-state index is 5.99. The van der Waals surface area contributed by atoms with Crippen LogP contribution in [0.4, 0.5) is 0 Å². The minimum Gasteiger partial charge on any atom is -0.370 e. The third kappa shape index (κ3) is 4.69. The molecule has 22 heavy (non-hydrogen) atoms. The molecular formula is C15H23IN6. The Bertz CT molecular complexity index is 618. The molecule has 0 bridgehead atoms. The van der Waals surface area contributed by atoms with Crippen molar-refractivity contribution in [2.75, 3.05) is 13.1 Å². The first-order valence-corrected chi connectivity index (χ1v) is 7.17. The van der Waals surface area contributed by atoms with Gasteiger partial charge in [0, 0.05) is 18.7 Å². The highest BCUT2D eigenvalue weighted by Crippen LogP contribution is 2.16. The van der Waals surface area contributed by atoms with Gasteiger partial charge in [-0.15, -0.1) is 24.0 Å². The average Bonchev–Trinajstić information content (AvgIpc) is 2.93. The Morgan fingerprint density at radius 1 is 1.32 bits per heavy atom. The molecule has 6 nitrogen and oxygen atoms in total. The quantitative estimate of drug-likeness (QED) is 0.448. The van der Waals surface area contributed by atoms with Gasteiger partial charge in [-0.1, -0.05) is 18.2 Å². The van der Waals surface area contributed by atoms with Crippen molar-refractivity contribution in [1.82, 2.24) is 20.1 Å². The highest BCUT2D eigenvalue weighted by Gasteiger charge is 2.05. The van der Waals surface area contributed by atoms with Crippen molar-refractivity contribution in [3.05, 3.63) is 35.7 Å². The molecule has 1 aromatic heterocycles. The van der Waals surface area contributed by atoms with Crippen molar-refractivity contribution in [2.24, 2.45) is 10.7 Å². The molecule has 0 aliphatic carbocycles. The fraction of sp³-hybridized carbons (Fsp3) is 0.400. The number of rotatable bonds is 5. The molecule has 0 radical (unpaired) electrons. The normalized spacial score (nSPS) is 11.1. The lowest BCUT2D eigenvalue weighted by atomic mass is 10.1. The zero-order valence-electron chi connectivity index (χ0n) is 13.2. The Kier molecular flexibility index (Phi) is 7.30. The molecule has 0 spiro atoms. The fourth-order valence-corrected chi connectivity index (χ4v) is 2.10. The number of nitrogens with two attached hydrogens (primary N) is 1. The molecule has 0 amide bonds. The molecule has 7 heteroatoms. The van der Waals surface area contributed by atoms with Crippen molar-refractivity contribution in [3.8, 4) is 11.4 Å². The van der Waals surface area contributed by atoms with Crippen LogP contribution in [0.2, 0.25) is 0 Å². The number of halogens is 1. The highest BCUT2D eigenvalue weighted by molar-refractivity contribution is 14.0. The lowest BCUT2D eigenvalue weighted by Crippen LogP contribution is -2.37. The number of H-pyrrole nitrogens is 1. The minimum absolute atomic E-state index is 0. The van der Waals surface area contributed by atoms with E-state index in [0.717, 1.165) is 30.0 Å². The van der Waals surface area contributed by atoms with Crippen molar-refractivity contribution in [3.63, 3.8) is 0 Å². The summed E-state index contributed by atoms with van der Waals surface area (Å²) in [4.78, 5) is 10.8. The second kappa shape index (κ2) is 8.72. The summed E-state index contributed by atoms with van der Waals surface area (Å²) in [5, 5.41) is 7.02. The van der Waals surface area contributed by atoms with Crippen molar-refractivity contribution < 1.29 is 0 Å². The van der Waals surface area contributed by atoms with E-state index < -0.39 is 0 Å². The lowest BCUT2D eigenvalue weighted by Gasteiger charge is -2.19. The van der Waals surface area contributed by atoms with Gasteiger partial charge in [-0.3, -0.25) is 5.10 Å². The van der Waals surface area contributed by atoms with Gasteiger partial charge in [-0.05, 0) is 32.4 Å². The summed E-state index contributed by atoms with van der Waals surface area (Å²) in [5.74, 6) is 2.09. The fourth-order valence-electron chi connectivity index (χ4n) is 2.10. The highest BCUT2D eigenvalue weighted by atomic mass is 127. The molecule has 1 aromatic carbocycles. The SMILES string of the molecule is CCN(CC)C(N)=NCc1cccc(-c2n[nH]c(C)n2)c1.I. The van der Waals surface area contributed by atoms with Gasteiger partial charge in [0.15, 0.2) is 11.8 Å². The lowest BCUT2D eigenvalue weighted by molar-refractivity contribution is 0.458. The van der Waals surface area contributed by atoms with Crippen LogP contribution in [0.3, 0.4) is 0 Å². The van der Waals surface area contributed by atoms with E-state index >= 15 is 0 Å². The van der Waals surface area contributed by atoms with Crippen molar-refractivity contribution in [1.29, 1.82) is 0 Å². The van der Waals surface area contributed by atoms with E-state index in [0.29, 0.717) is 18.3 Å². The zero-order chi connectivity index (χ0) is 15.2. The van der Waals surface area contributed by atoms with Crippen LogP contribution in [-0.2, 0) is 6.54 Å². The number of nitrogens with one attached hydrogen (secondary N) is 1. The molecular weight excluding hydrogens is 391 g/mol.